The summed E-state index contributed by atoms with van der Waals surface area (Å²) in [6.07, 6.45) is 5.12. The van der Waals surface area contributed by atoms with E-state index in [9.17, 15) is 18.4 Å². The van der Waals surface area contributed by atoms with E-state index in [0.717, 1.165) is 36.1 Å². The van der Waals surface area contributed by atoms with Crippen LogP contribution in [0.3, 0.4) is 0 Å². The molecule has 30 heavy (non-hydrogen) atoms. The van der Waals surface area contributed by atoms with Gasteiger partial charge in [0.05, 0.1) is 19.7 Å². The SMILES string of the molecule is CCC(CC)(NC(=O)c1ccc(C2CC2)c(OCC2CC2)n1)C(=O)N1CC(F)(F)C1. The van der Waals surface area contributed by atoms with Crippen LogP contribution in [0.5, 0.6) is 5.88 Å². The largest absolute Gasteiger partial charge is 0.477 e. The molecule has 2 saturated carbocycles. The summed E-state index contributed by atoms with van der Waals surface area (Å²) in [7, 11) is 0. The Balaban J connectivity index is 1.50. The molecule has 164 valence electrons. The lowest BCUT2D eigenvalue weighted by Crippen LogP contribution is -2.67. The Labute approximate surface area is 175 Å². The molecule has 0 spiro atoms. The second kappa shape index (κ2) is 7.78. The lowest BCUT2D eigenvalue weighted by atomic mass is 9.89. The molecule has 1 aromatic heterocycles. The highest BCUT2D eigenvalue weighted by Gasteiger charge is 2.51. The maximum atomic E-state index is 13.3. The number of aromatic nitrogens is 1. The molecular weight excluding hydrogens is 392 g/mol. The Kier molecular flexibility index (Phi) is 5.45. The summed E-state index contributed by atoms with van der Waals surface area (Å²) in [5.41, 5.74) is -0.0130. The first kappa shape index (κ1) is 21.0. The number of amides is 2. The number of halogens is 2. The van der Waals surface area contributed by atoms with Crippen molar-refractivity contribution in [2.75, 3.05) is 19.7 Å². The van der Waals surface area contributed by atoms with E-state index < -0.39 is 36.4 Å². The van der Waals surface area contributed by atoms with E-state index in [0.29, 0.717) is 37.2 Å². The highest BCUT2D eigenvalue weighted by molar-refractivity contribution is 5.98. The van der Waals surface area contributed by atoms with E-state index in [1.165, 1.54) is 0 Å². The number of likely N-dealkylation sites (tertiary alicyclic amines) is 1. The van der Waals surface area contributed by atoms with Gasteiger partial charge in [0.2, 0.25) is 11.8 Å². The molecule has 0 unspecified atom stereocenters. The van der Waals surface area contributed by atoms with Crippen LogP contribution >= 0.6 is 0 Å². The maximum Gasteiger partial charge on any atom is 0.282 e. The van der Waals surface area contributed by atoms with E-state index in [4.69, 9.17) is 4.74 Å². The molecule has 2 aliphatic carbocycles. The summed E-state index contributed by atoms with van der Waals surface area (Å²) >= 11 is 0. The van der Waals surface area contributed by atoms with Gasteiger partial charge in [-0.1, -0.05) is 19.9 Å². The van der Waals surface area contributed by atoms with Gasteiger partial charge in [0.25, 0.3) is 11.8 Å². The number of ether oxygens (including phenoxy) is 1. The Hall–Kier alpha value is -2.25. The number of nitrogens with zero attached hydrogens (tertiary/aromatic N) is 2. The summed E-state index contributed by atoms with van der Waals surface area (Å²) < 4.78 is 32.4. The smallest absolute Gasteiger partial charge is 0.282 e. The molecule has 3 aliphatic rings. The number of carbonyl (C=O) groups excluding carboxylic acids is 2. The van der Waals surface area contributed by atoms with Crippen molar-refractivity contribution in [2.24, 2.45) is 5.92 Å². The van der Waals surface area contributed by atoms with Crippen LogP contribution in [-0.2, 0) is 4.79 Å². The van der Waals surface area contributed by atoms with Gasteiger partial charge in [-0.15, -0.1) is 0 Å². The molecule has 3 fully saturated rings. The van der Waals surface area contributed by atoms with E-state index in [1.54, 1.807) is 19.9 Å². The topological polar surface area (TPSA) is 71.5 Å². The molecule has 6 nitrogen and oxygen atoms in total. The first-order valence-corrected chi connectivity index (χ1v) is 10.9. The molecule has 1 aromatic rings. The van der Waals surface area contributed by atoms with E-state index in [1.807, 2.05) is 6.07 Å². The third kappa shape index (κ3) is 4.27. The summed E-state index contributed by atoms with van der Waals surface area (Å²) in [6.45, 7) is 2.95. The summed E-state index contributed by atoms with van der Waals surface area (Å²) in [4.78, 5) is 31.5. The third-order valence-corrected chi connectivity index (χ3v) is 6.39. The lowest BCUT2D eigenvalue weighted by molar-refractivity contribution is -0.172. The fraction of sp³-hybridized carbons (Fsp3) is 0.682. The average molecular weight is 421 g/mol. The number of nitrogens with one attached hydrogen (secondary N) is 1. The number of hydrogen-bond acceptors (Lipinski definition) is 4. The molecule has 1 saturated heterocycles. The fourth-order valence-corrected chi connectivity index (χ4v) is 3.90. The van der Waals surface area contributed by atoms with Gasteiger partial charge in [0.1, 0.15) is 11.2 Å². The van der Waals surface area contributed by atoms with Crippen LogP contribution in [0, 0.1) is 5.92 Å². The normalized spacial score (nSPS) is 20.5. The number of pyridine rings is 1. The molecule has 0 bridgehead atoms. The van der Waals surface area contributed by atoms with Gasteiger partial charge in [0, 0.05) is 5.56 Å². The predicted octanol–water partition coefficient (Wildman–Crippen LogP) is 3.51. The van der Waals surface area contributed by atoms with Crippen molar-refractivity contribution in [1.29, 1.82) is 0 Å². The van der Waals surface area contributed by atoms with Crippen LogP contribution in [0.15, 0.2) is 12.1 Å². The zero-order valence-corrected chi connectivity index (χ0v) is 17.5. The first-order valence-electron chi connectivity index (χ1n) is 10.9. The molecule has 0 radical (unpaired) electrons. The highest BCUT2D eigenvalue weighted by Crippen LogP contribution is 2.44. The molecule has 0 aromatic carbocycles. The van der Waals surface area contributed by atoms with Crippen LogP contribution in [0.1, 0.15) is 74.3 Å². The van der Waals surface area contributed by atoms with Gasteiger partial charge in [-0.2, -0.15) is 0 Å². The Bertz CT molecular complexity index is 825. The Morgan fingerprint density at radius 3 is 2.40 bits per heavy atom. The maximum absolute atomic E-state index is 13.3. The van der Waals surface area contributed by atoms with Gasteiger partial charge in [-0.05, 0) is 56.4 Å². The van der Waals surface area contributed by atoms with E-state index >= 15 is 0 Å². The minimum Gasteiger partial charge on any atom is -0.477 e. The minimum absolute atomic E-state index is 0.179. The second-order valence-corrected chi connectivity index (χ2v) is 8.88. The van der Waals surface area contributed by atoms with Gasteiger partial charge in [0.15, 0.2) is 0 Å². The highest BCUT2D eigenvalue weighted by atomic mass is 19.3. The van der Waals surface area contributed by atoms with E-state index in [-0.39, 0.29) is 5.69 Å². The molecule has 0 atom stereocenters. The van der Waals surface area contributed by atoms with Crippen molar-refractivity contribution >= 4 is 11.8 Å². The van der Waals surface area contributed by atoms with Crippen molar-refractivity contribution in [3.05, 3.63) is 23.4 Å². The molecule has 8 heteroatoms. The van der Waals surface area contributed by atoms with Crippen molar-refractivity contribution in [1.82, 2.24) is 15.2 Å². The molecule has 2 heterocycles. The van der Waals surface area contributed by atoms with E-state index in [2.05, 4.69) is 10.3 Å². The zero-order chi connectivity index (χ0) is 21.5. The van der Waals surface area contributed by atoms with Crippen molar-refractivity contribution in [3.8, 4) is 5.88 Å². The molecule has 1 N–H and O–H groups in total. The summed E-state index contributed by atoms with van der Waals surface area (Å²) in [6, 6.07) is 3.55. The third-order valence-electron chi connectivity index (χ3n) is 6.39. The average Bonchev–Trinajstić information content (AvgIpc) is 3.61. The molecule has 1 aliphatic heterocycles. The molecular formula is C22H29F2N3O3. The molecule has 4 rings (SSSR count). The monoisotopic (exact) mass is 421 g/mol. The van der Waals surface area contributed by atoms with Gasteiger partial charge >= 0.3 is 0 Å². The number of rotatable bonds is 9. The van der Waals surface area contributed by atoms with Gasteiger partial charge in [-0.25, -0.2) is 13.8 Å². The van der Waals surface area contributed by atoms with Crippen LogP contribution in [0.25, 0.3) is 0 Å². The fourth-order valence-electron chi connectivity index (χ4n) is 3.90. The lowest BCUT2D eigenvalue weighted by Gasteiger charge is -2.44. The predicted molar refractivity (Wildman–Crippen MR) is 107 cm³/mol. The summed E-state index contributed by atoms with van der Waals surface area (Å²) in [5.74, 6) is -2.30. The van der Waals surface area contributed by atoms with Crippen molar-refractivity contribution < 1.29 is 23.1 Å². The Morgan fingerprint density at radius 1 is 1.20 bits per heavy atom. The van der Waals surface area contributed by atoms with Crippen LogP contribution in [-0.4, -0.2) is 52.9 Å². The van der Waals surface area contributed by atoms with Crippen LogP contribution in [0.4, 0.5) is 8.78 Å². The van der Waals surface area contributed by atoms with Crippen molar-refractivity contribution in [3.63, 3.8) is 0 Å². The number of hydrogen-bond donors (Lipinski definition) is 1. The Morgan fingerprint density at radius 2 is 1.87 bits per heavy atom. The first-order chi connectivity index (χ1) is 14.3. The quantitative estimate of drug-likeness (QED) is 0.662. The second-order valence-electron chi connectivity index (χ2n) is 8.88. The summed E-state index contributed by atoms with van der Waals surface area (Å²) in [5, 5.41) is 2.80. The number of alkyl halides is 2. The standard InChI is InChI=1S/C22H29F2N3O3/c1-3-21(4-2,20(29)27-12-22(23,24)13-27)26-18(28)17-10-9-16(15-7-8-15)19(25-17)30-11-14-5-6-14/h9-10,14-15H,3-8,11-13H2,1-2H3,(H,26,28). The zero-order valence-electron chi connectivity index (χ0n) is 17.5. The van der Waals surface area contributed by atoms with Crippen LogP contribution in [0.2, 0.25) is 0 Å². The minimum atomic E-state index is -2.85. The molecule has 2 amide bonds. The van der Waals surface area contributed by atoms with Gasteiger partial charge < -0.3 is 15.0 Å². The van der Waals surface area contributed by atoms with Crippen LogP contribution < -0.4 is 10.1 Å². The number of carbonyl (C=O) groups is 2. The van der Waals surface area contributed by atoms with Crippen molar-refractivity contribution in [2.45, 2.75) is 69.8 Å². The van der Waals surface area contributed by atoms with Gasteiger partial charge in [-0.3, -0.25) is 9.59 Å².